The number of nitrogens with two attached hydrogens (primary N) is 1. The minimum atomic E-state index is 0.152. The second-order valence-corrected chi connectivity index (χ2v) is 5.62. The van der Waals surface area contributed by atoms with Gasteiger partial charge in [0.1, 0.15) is 0 Å². The number of rotatable bonds is 3. The summed E-state index contributed by atoms with van der Waals surface area (Å²) in [6, 6.07) is 7.67. The maximum absolute atomic E-state index is 11.9. The van der Waals surface area contributed by atoms with Crippen molar-refractivity contribution in [2.45, 2.75) is 17.4 Å². The topological polar surface area (TPSA) is 46.3 Å². The zero-order valence-electron chi connectivity index (χ0n) is 9.43. The lowest BCUT2D eigenvalue weighted by Crippen LogP contribution is -2.33. The Kier molecular flexibility index (Phi) is 4.31. The summed E-state index contributed by atoms with van der Waals surface area (Å²) in [4.78, 5) is 14.8. The average Bonchev–Trinajstić information content (AvgIpc) is 2.75. The fourth-order valence-electron chi connectivity index (χ4n) is 1.78. The predicted octanol–water partition coefficient (Wildman–Crippen LogP) is 1.99. The molecule has 1 atom stereocenters. The van der Waals surface area contributed by atoms with E-state index in [9.17, 15) is 4.79 Å². The maximum Gasteiger partial charge on any atom is 0.232 e. The molecule has 0 saturated carbocycles. The molecule has 1 aromatic carbocycles. The first kappa shape index (κ1) is 12.7. The van der Waals surface area contributed by atoms with Crippen LogP contribution in [0.5, 0.6) is 0 Å². The highest BCUT2D eigenvalue weighted by Gasteiger charge is 2.23. The van der Waals surface area contributed by atoms with E-state index >= 15 is 0 Å². The van der Waals surface area contributed by atoms with Gasteiger partial charge in [0.25, 0.3) is 0 Å². The molecule has 5 heteroatoms. The van der Waals surface area contributed by atoms with Crippen LogP contribution in [-0.2, 0) is 4.79 Å². The Balaban J connectivity index is 1.82. The van der Waals surface area contributed by atoms with Crippen LogP contribution in [-0.4, -0.2) is 35.7 Å². The monoisotopic (exact) mass is 270 g/mol. The highest BCUT2D eigenvalue weighted by atomic mass is 35.5. The molecule has 1 heterocycles. The lowest BCUT2D eigenvalue weighted by atomic mass is 10.3. The van der Waals surface area contributed by atoms with Gasteiger partial charge in [0.15, 0.2) is 0 Å². The van der Waals surface area contributed by atoms with Crippen LogP contribution in [0.15, 0.2) is 29.2 Å². The number of benzene rings is 1. The van der Waals surface area contributed by atoms with E-state index in [1.807, 2.05) is 29.2 Å². The van der Waals surface area contributed by atoms with E-state index in [0.717, 1.165) is 17.9 Å². The van der Waals surface area contributed by atoms with Gasteiger partial charge >= 0.3 is 0 Å². The van der Waals surface area contributed by atoms with Gasteiger partial charge in [0.05, 0.1) is 5.75 Å². The molecule has 1 saturated heterocycles. The van der Waals surface area contributed by atoms with Gasteiger partial charge in [-0.15, -0.1) is 11.8 Å². The summed E-state index contributed by atoms with van der Waals surface area (Å²) in [6.45, 7) is 1.49. The molecular weight excluding hydrogens is 256 g/mol. The number of halogens is 1. The van der Waals surface area contributed by atoms with Crippen LogP contribution in [0.25, 0.3) is 0 Å². The van der Waals surface area contributed by atoms with Gasteiger partial charge in [0.2, 0.25) is 5.91 Å². The van der Waals surface area contributed by atoms with Crippen molar-refractivity contribution in [1.29, 1.82) is 0 Å². The van der Waals surface area contributed by atoms with E-state index in [2.05, 4.69) is 0 Å². The third-order valence-corrected chi connectivity index (χ3v) is 4.00. The molecule has 1 fully saturated rings. The number of nitrogens with zero attached hydrogens (tertiary/aromatic N) is 1. The Morgan fingerprint density at radius 3 is 2.76 bits per heavy atom. The van der Waals surface area contributed by atoms with Crippen LogP contribution in [0.4, 0.5) is 0 Å². The smallest absolute Gasteiger partial charge is 0.232 e. The fraction of sp³-hybridized carbons (Fsp3) is 0.417. The molecule has 0 spiro atoms. The van der Waals surface area contributed by atoms with Crippen molar-refractivity contribution in [3.05, 3.63) is 29.3 Å². The van der Waals surface area contributed by atoms with Crippen molar-refractivity contribution >= 4 is 29.3 Å². The number of carbonyl (C=O) groups is 1. The van der Waals surface area contributed by atoms with Gasteiger partial charge in [-0.3, -0.25) is 4.79 Å². The molecule has 3 nitrogen and oxygen atoms in total. The predicted molar refractivity (Wildman–Crippen MR) is 71.3 cm³/mol. The Labute approximate surface area is 110 Å². The number of amides is 1. The Morgan fingerprint density at radius 2 is 2.18 bits per heavy atom. The number of hydrogen-bond acceptors (Lipinski definition) is 3. The van der Waals surface area contributed by atoms with E-state index in [-0.39, 0.29) is 11.9 Å². The number of likely N-dealkylation sites (tertiary alicyclic amines) is 1. The van der Waals surface area contributed by atoms with Crippen molar-refractivity contribution in [2.75, 3.05) is 18.8 Å². The average molecular weight is 271 g/mol. The van der Waals surface area contributed by atoms with Gasteiger partial charge in [-0.1, -0.05) is 11.6 Å². The SMILES string of the molecule is N[C@@H]1CCN(C(=O)CSc2ccc(Cl)cc2)C1. The van der Waals surface area contributed by atoms with Crippen LogP contribution in [0.1, 0.15) is 6.42 Å². The molecule has 1 amide bonds. The summed E-state index contributed by atoms with van der Waals surface area (Å²) in [5, 5.41) is 0.714. The molecule has 17 heavy (non-hydrogen) atoms. The van der Waals surface area contributed by atoms with Crippen LogP contribution < -0.4 is 5.73 Å². The van der Waals surface area contributed by atoms with Gasteiger partial charge in [-0.2, -0.15) is 0 Å². The molecule has 92 valence electrons. The van der Waals surface area contributed by atoms with Gasteiger partial charge in [-0.05, 0) is 30.7 Å². The molecule has 1 aliphatic heterocycles. The summed E-state index contributed by atoms with van der Waals surface area (Å²) in [7, 11) is 0. The quantitative estimate of drug-likeness (QED) is 0.855. The zero-order chi connectivity index (χ0) is 12.3. The normalized spacial score (nSPS) is 19.6. The summed E-state index contributed by atoms with van der Waals surface area (Å²) in [5.41, 5.74) is 5.77. The second kappa shape index (κ2) is 5.76. The zero-order valence-corrected chi connectivity index (χ0v) is 11.0. The summed E-state index contributed by atoms with van der Waals surface area (Å²) >= 11 is 7.33. The van der Waals surface area contributed by atoms with Crippen LogP contribution in [0.3, 0.4) is 0 Å². The van der Waals surface area contributed by atoms with E-state index in [4.69, 9.17) is 17.3 Å². The highest BCUT2D eigenvalue weighted by Crippen LogP contribution is 2.21. The molecule has 0 unspecified atom stereocenters. The lowest BCUT2D eigenvalue weighted by molar-refractivity contribution is -0.127. The standard InChI is InChI=1S/C12H15ClN2OS/c13-9-1-3-11(4-2-9)17-8-12(16)15-6-5-10(14)7-15/h1-4,10H,5-8,14H2/t10-/m1/s1. The molecular formula is C12H15ClN2OS. The molecule has 0 aliphatic carbocycles. The van der Waals surface area contributed by atoms with Crippen molar-refractivity contribution in [2.24, 2.45) is 5.73 Å². The van der Waals surface area contributed by atoms with Gasteiger partial charge in [0, 0.05) is 29.0 Å². The van der Waals surface area contributed by atoms with Crippen LogP contribution in [0.2, 0.25) is 5.02 Å². The molecule has 2 rings (SSSR count). The van der Waals surface area contributed by atoms with E-state index in [1.165, 1.54) is 11.8 Å². The third kappa shape index (κ3) is 3.63. The number of carbonyl (C=O) groups excluding carboxylic acids is 1. The number of thioether (sulfide) groups is 1. The van der Waals surface area contributed by atoms with E-state index < -0.39 is 0 Å². The molecule has 2 N–H and O–H groups in total. The first-order chi connectivity index (χ1) is 8.15. The van der Waals surface area contributed by atoms with Gasteiger partial charge in [-0.25, -0.2) is 0 Å². The fourth-order valence-corrected chi connectivity index (χ4v) is 2.71. The maximum atomic E-state index is 11.9. The molecule has 1 aliphatic rings. The number of hydrogen-bond donors (Lipinski definition) is 1. The van der Waals surface area contributed by atoms with E-state index in [0.29, 0.717) is 17.3 Å². The van der Waals surface area contributed by atoms with Gasteiger partial charge < -0.3 is 10.6 Å². The van der Waals surface area contributed by atoms with Crippen LogP contribution in [0, 0.1) is 0 Å². The molecule has 0 bridgehead atoms. The minimum absolute atomic E-state index is 0.152. The van der Waals surface area contributed by atoms with Crippen molar-refractivity contribution in [1.82, 2.24) is 4.90 Å². The third-order valence-electron chi connectivity index (χ3n) is 2.75. The second-order valence-electron chi connectivity index (χ2n) is 4.13. The summed E-state index contributed by atoms with van der Waals surface area (Å²) < 4.78 is 0. The Morgan fingerprint density at radius 1 is 1.47 bits per heavy atom. The van der Waals surface area contributed by atoms with Crippen LogP contribution >= 0.6 is 23.4 Å². The van der Waals surface area contributed by atoms with E-state index in [1.54, 1.807) is 0 Å². The Hall–Kier alpha value is -0.710. The minimum Gasteiger partial charge on any atom is -0.340 e. The highest BCUT2D eigenvalue weighted by molar-refractivity contribution is 8.00. The Bertz CT molecular complexity index is 396. The first-order valence-electron chi connectivity index (χ1n) is 5.57. The largest absolute Gasteiger partial charge is 0.340 e. The first-order valence-corrected chi connectivity index (χ1v) is 6.93. The van der Waals surface area contributed by atoms with Crippen molar-refractivity contribution < 1.29 is 4.79 Å². The summed E-state index contributed by atoms with van der Waals surface area (Å²) in [5.74, 6) is 0.631. The lowest BCUT2D eigenvalue weighted by Gasteiger charge is -2.15. The molecule has 1 aromatic rings. The molecule has 0 aromatic heterocycles. The van der Waals surface area contributed by atoms with Crippen molar-refractivity contribution in [3.63, 3.8) is 0 Å². The van der Waals surface area contributed by atoms with Crippen molar-refractivity contribution in [3.8, 4) is 0 Å². The molecule has 0 radical (unpaired) electrons. The summed E-state index contributed by atoms with van der Waals surface area (Å²) in [6.07, 6.45) is 0.914.